The van der Waals surface area contributed by atoms with Crippen molar-refractivity contribution in [3.63, 3.8) is 0 Å². The Balaban J connectivity index is 1.74. The van der Waals surface area contributed by atoms with Crippen molar-refractivity contribution >= 4 is 23.1 Å². The van der Waals surface area contributed by atoms with Gasteiger partial charge in [-0.2, -0.15) is 0 Å². The van der Waals surface area contributed by atoms with Gasteiger partial charge in [-0.1, -0.05) is 17.4 Å². The van der Waals surface area contributed by atoms with E-state index >= 15 is 0 Å². The molecule has 2 aromatic heterocycles. The highest BCUT2D eigenvalue weighted by atomic mass is 32.1. The number of nitrogens with zero attached hydrogens (tertiary/aromatic N) is 3. The second-order valence-corrected chi connectivity index (χ2v) is 6.11. The van der Waals surface area contributed by atoms with Gasteiger partial charge in [-0.25, -0.2) is 9.38 Å². The highest BCUT2D eigenvalue weighted by Crippen LogP contribution is 2.16. The van der Waals surface area contributed by atoms with E-state index in [-0.39, 0.29) is 11.4 Å². The van der Waals surface area contributed by atoms with Gasteiger partial charge in [0, 0.05) is 11.8 Å². The van der Waals surface area contributed by atoms with Gasteiger partial charge in [0.2, 0.25) is 0 Å². The van der Waals surface area contributed by atoms with Gasteiger partial charge in [0.1, 0.15) is 24.9 Å². The van der Waals surface area contributed by atoms with E-state index in [1.807, 2.05) is 4.90 Å². The zero-order chi connectivity index (χ0) is 15.8. The molecule has 0 spiro atoms. The van der Waals surface area contributed by atoms with Crippen molar-refractivity contribution < 1.29 is 8.81 Å². The average molecular weight is 329 g/mol. The molecule has 1 aromatic carbocycles. The molecule has 0 amide bonds. The standard InChI is InChI=1S/C16H12FN3O2S/c17-11-3-1-4-12(7-11)19-9-18-16-20(10-19)15(21)14(23-16)8-13-5-2-6-22-13/h1-8H,9-10H2/b14-8-. The number of anilines is 1. The number of fused-ring (bicyclic) bond motifs is 1. The largest absolute Gasteiger partial charge is 0.465 e. The molecule has 3 heterocycles. The van der Waals surface area contributed by atoms with Crippen LogP contribution in [0.2, 0.25) is 0 Å². The summed E-state index contributed by atoms with van der Waals surface area (Å²) in [5.74, 6) is 0.320. The molecule has 1 aliphatic heterocycles. The Morgan fingerprint density at radius 1 is 1.30 bits per heavy atom. The number of furan rings is 1. The van der Waals surface area contributed by atoms with Crippen LogP contribution < -0.4 is 19.8 Å². The zero-order valence-electron chi connectivity index (χ0n) is 12.0. The van der Waals surface area contributed by atoms with Crippen LogP contribution >= 0.6 is 11.3 Å². The molecule has 0 N–H and O–H groups in total. The lowest BCUT2D eigenvalue weighted by molar-refractivity contribution is 0.555. The molecule has 5 nitrogen and oxygen atoms in total. The van der Waals surface area contributed by atoms with Crippen LogP contribution in [0.4, 0.5) is 10.1 Å². The van der Waals surface area contributed by atoms with Crippen molar-refractivity contribution in [3.05, 3.63) is 73.9 Å². The summed E-state index contributed by atoms with van der Waals surface area (Å²) in [6, 6.07) is 9.84. The third kappa shape index (κ3) is 2.59. The molecule has 3 aromatic rings. The average Bonchev–Trinajstić information content (AvgIpc) is 3.17. The minimum Gasteiger partial charge on any atom is -0.465 e. The maximum absolute atomic E-state index is 13.4. The Labute approximate surface area is 134 Å². The number of halogens is 1. The van der Waals surface area contributed by atoms with Crippen molar-refractivity contribution in [2.75, 3.05) is 11.6 Å². The highest BCUT2D eigenvalue weighted by Gasteiger charge is 2.16. The quantitative estimate of drug-likeness (QED) is 0.716. The summed E-state index contributed by atoms with van der Waals surface area (Å²) < 4.78 is 20.8. The van der Waals surface area contributed by atoms with Crippen LogP contribution in [-0.4, -0.2) is 11.2 Å². The minimum absolute atomic E-state index is 0.119. The van der Waals surface area contributed by atoms with Gasteiger partial charge >= 0.3 is 0 Å². The molecular formula is C16H12FN3O2S. The van der Waals surface area contributed by atoms with Crippen molar-refractivity contribution in [2.24, 2.45) is 4.99 Å². The molecule has 4 rings (SSSR count). The molecule has 0 fully saturated rings. The second-order valence-electron chi connectivity index (χ2n) is 5.10. The first-order chi connectivity index (χ1) is 11.2. The predicted molar refractivity (Wildman–Crippen MR) is 85.4 cm³/mol. The Morgan fingerprint density at radius 2 is 2.22 bits per heavy atom. The van der Waals surface area contributed by atoms with E-state index < -0.39 is 0 Å². The van der Waals surface area contributed by atoms with Crippen LogP contribution in [0.15, 0.2) is 56.9 Å². The van der Waals surface area contributed by atoms with Crippen molar-refractivity contribution in [1.82, 2.24) is 4.57 Å². The van der Waals surface area contributed by atoms with Gasteiger partial charge < -0.3 is 9.32 Å². The summed E-state index contributed by atoms with van der Waals surface area (Å²) in [5, 5.41) is 0. The third-order valence-electron chi connectivity index (χ3n) is 3.57. The van der Waals surface area contributed by atoms with Crippen LogP contribution in [0, 0.1) is 5.82 Å². The lowest BCUT2D eigenvalue weighted by atomic mass is 10.3. The Bertz CT molecular complexity index is 1020. The van der Waals surface area contributed by atoms with Crippen molar-refractivity contribution in [3.8, 4) is 0 Å². The van der Waals surface area contributed by atoms with Gasteiger partial charge in [0.25, 0.3) is 5.56 Å². The lowest BCUT2D eigenvalue weighted by Crippen LogP contribution is -2.42. The molecule has 1 aliphatic rings. The fourth-order valence-electron chi connectivity index (χ4n) is 2.45. The first-order valence-electron chi connectivity index (χ1n) is 7.00. The van der Waals surface area contributed by atoms with Gasteiger partial charge in [-0.3, -0.25) is 9.36 Å². The second kappa shape index (κ2) is 5.51. The number of hydrogen-bond donors (Lipinski definition) is 0. The Hall–Kier alpha value is -2.67. The number of aromatic nitrogens is 1. The number of rotatable bonds is 2. The maximum atomic E-state index is 13.4. The molecule has 0 aliphatic carbocycles. The molecule has 0 unspecified atom stereocenters. The fourth-order valence-corrected chi connectivity index (χ4v) is 3.39. The number of hydrogen-bond acceptors (Lipinski definition) is 5. The first-order valence-corrected chi connectivity index (χ1v) is 7.82. The van der Waals surface area contributed by atoms with E-state index in [2.05, 4.69) is 4.99 Å². The Morgan fingerprint density at radius 3 is 3.00 bits per heavy atom. The van der Waals surface area contributed by atoms with Crippen LogP contribution in [0.3, 0.4) is 0 Å². The van der Waals surface area contributed by atoms with E-state index in [9.17, 15) is 9.18 Å². The van der Waals surface area contributed by atoms with E-state index in [1.54, 1.807) is 41.2 Å². The zero-order valence-corrected chi connectivity index (χ0v) is 12.8. The summed E-state index contributed by atoms with van der Waals surface area (Å²) in [5.41, 5.74) is 0.584. The van der Waals surface area contributed by atoms with Gasteiger partial charge in [-0.05, 0) is 30.3 Å². The van der Waals surface area contributed by atoms with E-state index in [0.29, 0.717) is 34.1 Å². The van der Waals surface area contributed by atoms with E-state index in [0.717, 1.165) is 0 Å². The fraction of sp³-hybridized carbons (Fsp3) is 0.125. The van der Waals surface area contributed by atoms with Crippen LogP contribution in [0.1, 0.15) is 5.76 Å². The van der Waals surface area contributed by atoms with Crippen LogP contribution in [-0.2, 0) is 6.67 Å². The molecule has 116 valence electrons. The number of thiazole rings is 1. The Kier molecular flexibility index (Phi) is 3.34. The predicted octanol–water partition coefficient (Wildman–Crippen LogP) is 1.53. The van der Waals surface area contributed by atoms with Crippen LogP contribution in [0.5, 0.6) is 0 Å². The summed E-state index contributed by atoms with van der Waals surface area (Å²) in [6.07, 6.45) is 3.27. The molecule has 23 heavy (non-hydrogen) atoms. The highest BCUT2D eigenvalue weighted by molar-refractivity contribution is 7.07. The lowest BCUT2D eigenvalue weighted by Gasteiger charge is -2.25. The summed E-state index contributed by atoms with van der Waals surface area (Å²) in [6.45, 7) is 0.743. The third-order valence-corrected chi connectivity index (χ3v) is 4.61. The van der Waals surface area contributed by atoms with Crippen molar-refractivity contribution in [1.29, 1.82) is 0 Å². The summed E-state index contributed by atoms with van der Waals surface area (Å²) in [4.78, 5) is 19.5. The first kappa shape index (κ1) is 14.0. The van der Waals surface area contributed by atoms with E-state index in [1.165, 1.54) is 23.5 Å². The maximum Gasteiger partial charge on any atom is 0.271 e. The summed E-state index contributed by atoms with van der Waals surface area (Å²) >= 11 is 1.33. The van der Waals surface area contributed by atoms with Crippen LogP contribution in [0.25, 0.3) is 6.08 Å². The number of benzene rings is 1. The monoisotopic (exact) mass is 329 g/mol. The van der Waals surface area contributed by atoms with Crippen molar-refractivity contribution in [2.45, 2.75) is 6.67 Å². The van der Waals surface area contributed by atoms with E-state index in [4.69, 9.17) is 4.42 Å². The topological polar surface area (TPSA) is 50.7 Å². The minimum atomic E-state index is -0.308. The molecule has 0 atom stereocenters. The molecule has 0 saturated heterocycles. The smallest absolute Gasteiger partial charge is 0.271 e. The van der Waals surface area contributed by atoms with Gasteiger partial charge in [-0.15, -0.1) is 0 Å². The molecule has 0 radical (unpaired) electrons. The van der Waals surface area contributed by atoms with Gasteiger partial charge in [0.15, 0.2) is 4.80 Å². The molecular weight excluding hydrogens is 317 g/mol. The SMILES string of the molecule is O=c1/c(=C/c2ccco2)sc2n1CN(c1cccc(F)c1)CN=2. The summed E-state index contributed by atoms with van der Waals surface area (Å²) in [7, 11) is 0. The molecule has 0 bridgehead atoms. The molecule has 7 heteroatoms. The normalized spacial score (nSPS) is 14.7. The van der Waals surface area contributed by atoms with Gasteiger partial charge in [0.05, 0.1) is 10.8 Å². The molecule has 0 saturated carbocycles.